The maximum Gasteiger partial charge on any atom is 0.246 e. The Bertz CT molecular complexity index is 1300. The number of piperazine rings is 1. The van der Waals surface area contributed by atoms with Crippen molar-refractivity contribution in [3.05, 3.63) is 48.0 Å². The molecule has 1 unspecified atom stereocenters. The van der Waals surface area contributed by atoms with Gasteiger partial charge in [-0.2, -0.15) is 8.61 Å². The molecule has 2 heterocycles. The molecule has 0 N–H and O–H groups in total. The van der Waals surface area contributed by atoms with Crippen LogP contribution in [0, 0.1) is 17.6 Å². The fourth-order valence-corrected chi connectivity index (χ4v) is 7.67. The number of hydrogen-bond donors (Lipinski definition) is 0. The zero-order valence-electron chi connectivity index (χ0n) is 19.7. The number of nitrogens with zero attached hydrogens (tertiary/aromatic N) is 3. The minimum atomic E-state index is -4.15. The molecule has 192 valence electrons. The van der Waals surface area contributed by atoms with Crippen molar-refractivity contribution in [1.82, 2.24) is 8.61 Å². The summed E-state index contributed by atoms with van der Waals surface area (Å²) in [5.41, 5.74) is 0.545. The van der Waals surface area contributed by atoms with Crippen molar-refractivity contribution in [2.45, 2.75) is 29.6 Å². The maximum absolute atomic E-state index is 14.1. The summed E-state index contributed by atoms with van der Waals surface area (Å²) < 4.78 is 87.9. The average molecular weight is 530 g/mol. The molecular formula is C23H29F2N3O5S2. The van der Waals surface area contributed by atoms with Gasteiger partial charge in [0.05, 0.1) is 17.7 Å². The number of rotatable bonds is 6. The van der Waals surface area contributed by atoms with Crippen LogP contribution in [0.4, 0.5) is 14.5 Å². The summed E-state index contributed by atoms with van der Waals surface area (Å²) in [4.78, 5) is 1.43. The van der Waals surface area contributed by atoms with Crippen LogP contribution in [0.1, 0.15) is 19.8 Å². The predicted molar refractivity (Wildman–Crippen MR) is 127 cm³/mol. The molecule has 0 aliphatic carbocycles. The summed E-state index contributed by atoms with van der Waals surface area (Å²) in [5, 5.41) is 0. The Hall–Kier alpha value is -2.28. The summed E-state index contributed by atoms with van der Waals surface area (Å²) >= 11 is 0. The second-order valence-electron chi connectivity index (χ2n) is 8.91. The van der Waals surface area contributed by atoms with Crippen molar-refractivity contribution < 1.29 is 30.4 Å². The summed E-state index contributed by atoms with van der Waals surface area (Å²) in [6, 6.07) is 7.07. The lowest BCUT2D eigenvalue weighted by Gasteiger charge is -2.36. The fraction of sp³-hybridized carbons (Fsp3) is 0.478. The van der Waals surface area contributed by atoms with E-state index in [4.69, 9.17) is 4.74 Å². The van der Waals surface area contributed by atoms with E-state index in [-0.39, 0.29) is 37.0 Å². The Labute approximate surface area is 205 Å². The number of benzene rings is 2. The third-order valence-electron chi connectivity index (χ3n) is 6.50. The van der Waals surface area contributed by atoms with E-state index in [1.54, 1.807) is 12.1 Å². The minimum Gasteiger partial charge on any atom is -0.495 e. The Morgan fingerprint density at radius 1 is 0.886 bits per heavy atom. The van der Waals surface area contributed by atoms with Gasteiger partial charge in [0.2, 0.25) is 20.0 Å². The first-order valence-corrected chi connectivity index (χ1v) is 14.3. The number of ether oxygens (including phenoxy) is 1. The smallest absolute Gasteiger partial charge is 0.246 e. The van der Waals surface area contributed by atoms with Gasteiger partial charge in [-0.25, -0.2) is 25.6 Å². The molecule has 4 rings (SSSR count). The summed E-state index contributed by atoms with van der Waals surface area (Å²) in [6.07, 6.45) is 1.81. The van der Waals surface area contributed by atoms with Gasteiger partial charge in [-0.3, -0.25) is 0 Å². The Morgan fingerprint density at radius 2 is 1.60 bits per heavy atom. The summed E-state index contributed by atoms with van der Waals surface area (Å²) in [5.74, 6) is -1.24. The fourth-order valence-electron chi connectivity index (χ4n) is 4.58. The minimum absolute atomic E-state index is 0.0446. The topological polar surface area (TPSA) is 87.2 Å². The molecule has 0 radical (unpaired) electrons. The van der Waals surface area contributed by atoms with Gasteiger partial charge in [-0.1, -0.05) is 6.92 Å². The maximum atomic E-state index is 14.1. The van der Waals surface area contributed by atoms with Crippen molar-refractivity contribution >= 4 is 25.7 Å². The predicted octanol–water partition coefficient (Wildman–Crippen LogP) is 2.90. The van der Waals surface area contributed by atoms with Crippen LogP contribution in [0.5, 0.6) is 5.75 Å². The van der Waals surface area contributed by atoms with Gasteiger partial charge in [-0.05, 0) is 49.1 Å². The number of piperidine rings is 1. The van der Waals surface area contributed by atoms with Crippen LogP contribution in [0.15, 0.2) is 46.2 Å². The molecule has 1 atom stereocenters. The standard InChI is InChI=1S/C23H29F2N3O5S2/c1-17-4-3-9-28(16-17)34(29,30)19-6-7-22(33-2)21(15-19)26-10-12-27(13-11-26)35(31,32)23-8-5-18(24)14-20(23)25/h5-8,14-15,17H,3-4,9-13,16H2,1-2H3. The Balaban J connectivity index is 1.55. The van der Waals surface area contributed by atoms with Crippen molar-refractivity contribution in [3.8, 4) is 5.75 Å². The second-order valence-corrected chi connectivity index (χ2v) is 12.8. The Kier molecular flexibility index (Phi) is 7.37. The van der Waals surface area contributed by atoms with E-state index in [9.17, 15) is 25.6 Å². The highest BCUT2D eigenvalue weighted by atomic mass is 32.2. The van der Waals surface area contributed by atoms with Gasteiger partial charge in [0.25, 0.3) is 0 Å². The van der Waals surface area contributed by atoms with Gasteiger partial charge in [0.1, 0.15) is 22.3 Å². The van der Waals surface area contributed by atoms with Gasteiger partial charge < -0.3 is 9.64 Å². The zero-order chi connectivity index (χ0) is 25.4. The van der Waals surface area contributed by atoms with Crippen LogP contribution >= 0.6 is 0 Å². The molecule has 2 aliphatic rings. The highest BCUT2D eigenvalue weighted by molar-refractivity contribution is 7.89. The first-order chi connectivity index (χ1) is 16.5. The van der Waals surface area contributed by atoms with Gasteiger partial charge in [0.15, 0.2) is 0 Å². The van der Waals surface area contributed by atoms with E-state index < -0.39 is 36.6 Å². The highest BCUT2D eigenvalue weighted by Crippen LogP contribution is 2.34. The molecule has 8 nitrogen and oxygen atoms in total. The largest absolute Gasteiger partial charge is 0.495 e. The molecular weight excluding hydrogens is 500 g/mol. The van der Waals surface area contributed by atoms with E-state index in [1.165, 1.54) is 17.5 Å². The van der Waals surface area contributed by atoms with Crippen LogP contribution in [0.25, 0.3) is 0 Å². The van der Waals surface area contributed by atoms with Crippen LogP contribution in [0.3, 0.4) is 0 Å². The number of halogens is 2. The first-order valence-electron chi connectivity index (χ1n) is 11.4. The third kappa shape index (κ3) is 5.16. The molecule has 2 aromatic rings. The van der Waals surface area contributed by atoms with Crippen molar-refractivity contribution in [2.75, 3.05) is 51.3 Å². The molecule has 0 saturated carbocycles. The van der Waals surface area contributed by atoms with Crippen LogP contribution in [-0.4, -0.2) is 71.8 Å². The molecule has 0 spiro atoms. The molecule has 2 fully saturated rings. The van der Waals surface area contributed by atoms with Crippen molar-refractivity contribution in [1.29, 1.82) is 0 Å². The number of hydrogen-bond acceptors (Lipinski definition) is 6. The lowest BCUT2D eigenvalue weighted by molar-refractivity contribution is 0.281. The quantitative estimate of drug-likeness (QED) is 0.572. The molecule has 0 amide bonds. The highest BCUT2D eigenvalue weighted by Gasteiger charge is 2.33. The molecule has 0 bridgehead atoms. The van der Waals surface area contributed by atoms with Crippen LogP contribution < -0.4 is 9.64 Å². The van der Waals surface area contributed by atoms with Crippen molar-refractivity contribution in [2.24, 2.45) is 5.92 Å². The van der Waals surface area contributed by atoms with Gasteiger partial charge in [0, 0.05) is 45.3 Å². The molecule has 12 heteroatoms. The van der Waals surface area contributed by atoms with E-state index in [1.807, 2.05) is 11.8 Å². The van der Waals surface area contributed by atoms with E-state index in [0.29, 0.717) is 30.6 Å². The first kappa shape index (κ1) is 25.8. The van der Waals surface area contributed by atoms with Crippen LogP contribution in [-0.2, 0) is 20.0 Å². The van der Waals surface area contributed by atoms with E-state index >= 15 is 0 Å². The number of anilines is 1. The summed E-state index contributed by atoms with van der Waals surface area (Å²) in [6.45, 7) is 3.55. The molecule has 2 aliphatic heterocycles. The Morgan fingerprint density at radius 3 is 2.23 bits per heavy atom. The lowest BCUT2D eigenvalue weighted by atomic mass is 10.0. The van der Waals surface area contributed by atoms with Gasteiger partial charge in [-0.15, -0.1) is 0 Å². The molecule has 0 aromatic heterocycles. The molecule has 35 heavy (non-hydrogen) atoms. The molecule has 2 aromatic carbocycles. The van der Waals surface area contributed by atoms with Crippen molar-refractivity contribution in [3.63, 3.8) is 0 Å². The van der Waals surface area contributed by atoms with E-state index in [0.717, 1.165) is 29.3 Å². The number of sulfonamides is 2. The SMILES string of the molecule is COc1ccc(S(=O)(=O)N2CCCC(C)C2)cc1N1CCN(S(=O)(=O)c2ccc(F)cc2F)CC1. The van der Waals surface area contributed by atoms with E-state index in [2.05, 4.69) is 0 Å². The molecule has 2 saturated heterocycles. The summed E-state index contributed by atoms with van der Waals surface area (Å²) in [7, 11) is -6.35. The van der Waals surface area contributed by atoms with Crippen LogP contribution in [0.2, 0.25) is 0 Å². The normalized spacial score (nSPS) is 20.7. The van der Waals surface area contributed by atoms with Gasteiger partial charge >= 0.3 is 0 Å². The monoisotopic (exact) mass is 529 g/mol. The second kappa shape index (κ2) is 10.00. The zero-order valence-corrected chi connectivity index (χ0v) is 21.3. The number of methoxy groups -OCH3 is 1. The lowest BCUT2D eigenvalue weighted by Crippen LogP contribution is -2.49. The average Bonchev–Trinajstić information content (AvgIpc) is 2.83. The third-order valence-corrected chi connectivity index (χ3v) is 10.3.